The summed E-state index contributed by atoms with van der Waals surface area (Å²) in [5.74, 6) is -0.271. The Morgan fingerprint density at radius 3 is 2.30 bits per heavy atom. The molecule has 1 fully saturated rings. The van der Waals surface area contributed by atoms with Crippen molar-refractivity contribution in [2.45, 2.75) is 64.0 Å². The van der Waals surface area contributed by atoms with Crippen LogP contribution >= 0.6 is 0 Å². The smallest absolute Gasteiger partial charge is 0.237 e. The van der Waals surface area contributed by atoms with Crippen molar-refractivity contribution in [3.05, 3.63) is 0 Å². The maximum Gasteiger partial charge on any atom is 0.237 e. The van der Waals surface area contributed by atoms with Crippen molar-refractivity contribution < 1.29 is 14.3 Å². The molecule has 0 aromatic rings. The second-order valence-electron chi connectivity index (χ2n) is 5.80. The maximum absolute atomic E-state index is 11.6. The van der Waals surface area contributed by atoms with Crippen LogP contribution < -0.4 is 11.1 Å². The molecular weight excluding hydrogens is 256 g/mol. The van der Waals surface area contributed by atoms with Gasteiger partial charge in [-0.15, -0.1) is 0 Å². The Morgan fingerprint density at radius 1 is 1.20 bits per heavy atom. The summed E-state index contributed by atoms with van der Waals surface area (Å²) < 4.78 is 10.9. The summed E-state index contributed by atoms with van der Waals surface area (Å²) >= 11 is 0. The highest BCUT2D eigenvalue weighted by molar-refractivity contribution is 5.84. The van der Waals surface area contributed by atoms with E-state index in [-0.39, 0.29) is 5.91 Å². The standard InChI is InChI=1S/C15H30N2O3/c1-3-4-9-19-11-12-20-10-5-8-15(2,14(16)18)17-13-6-7-13/h13,17H,3-12H2,1-2H3,(H2,16,18). The highest BCUT2D eigenvalue weighted by Gasteiger charge is 2.36. The number of hydrogen-bond acceptors (Lipinski definition) is 4. The number of ether oxygens (including phenoxy) is 2. The molecule has 0 spiro atoms. The normalized spacial score (nSPS) is 17.9. The van der Waals surface area contributed by atoms with Crippen LogP contribution in [-0.4, -0.2) is 43.9 Å². The first-order chi connectivity index (χ1) is 9.58. The molecule has 0 aromatic carbocycles. The fraction of sp³-hybridized carbons (Fsp3) is 0.933. The Balaban J connectivity index is 2.01. The molecule has 1 unspecified atom stereocenters. The molecule has 1 aliphatic carbocycles. The Morgan fingerprint density at radius 2 is 1.80 bits per heavy atom. The first-order valence-electron chi connectivity index (χ1n) is 7.81. The summed E-state index contributed by atoms with van der Waals surface area (Å²) in [5.41, 5.74) is 4.90. The van der Waals surface area contributed by atoms with Gasteiger partial charge in [0.1, 0.15) is 0 Å². The van der Waals surface area contributed by atoms with Gasteiger partial charge in [-0.3, -0.25) is 4.79 Å². The average Bonchev–Trinajstić information content (AvgIpc) is 3.20. The zero-order chi connectivity index (χ0) is 14.8. The van der Waals surface area contributed by atoms with Crippen molar-refractivity contribution in [1.82, 2.24) is 5.32 Å². The van der Waals surface area contributed by atoms with E-state index in [1.54, 1.807) is 0 Å². The monoisotopic (exact) mass is 286 g/mol. The van der Waals surface area contributed by atoms with Crippen LogP contribution in [-0.2, 0) is 14.3 Å². The first-order valence-corrected chi connectivity index (χ1v) is 7.81. The molecule has 1 rings (SSSR count). The van der Waals surface area contributed by atoms with E-state index in [1.165, 1.54) is 0 Å². The fourth-order valence-corrected chi connectivity index (χ4v) is 2.04. The number of nitrogens with one attached hydrogen (secondary N) is 1. The molecule has 0 saturated heterocycles. The fourth-order valence-electron chi connectivity index (χ4n) is 2.04. The van der Waals surface area contributed by atoms with Gasteiger partial charge in [-0.1, -0.05) is 13.3 Å². The van der Waals surface area contributed by atoms with Crippen LogP contribution in [0.15, 0.2) is 0 Å². The molecule has 20 heavy (non-hydrogen) atoms. The number of carbonyl (C=O) groups excluding carboxylic acids is 1. The van der Waals surface area contributed by atoms with Crippen LogP contribution in [0.3, 0.4) is 0 Å². The quantitative estimate of drug-likeness (QED) is 0.504. The van der Waals surface area contributed by atoms with Crippen molar-refractivity contribution in [2.24, 2.45) is 5.73 Å². The molecule has 1 amide bonds. The number of hydrogen-bond donors (Lipinski definition) is 2. The summed E-state index contributed by atoms with van der Waals surface area (Å²) in [6.45, 7) is 6.75. The van der Waals surface area contributed by atoms with Crippen molar-refractivity contribution >= 4 is 5.91 Å². The first kappa shape index (κ1) is 17.4. The predicted octanol–water partition coefficient (Wildman–Crippen LogP) is 1.60. The molecule has 3 N–H and O–H groups in total. The summed E-state index contributed by atoms with van der Waals surface area (Å²) in [5, 5.41) is 3.34. The van der Waals surface area contributed by atoms with Gasteiger partial charge in [0.05, 0.1) is 18.8 Å². The molecule has 5 nitrogen and oxygen atoms in total. The molecule has 1 aliphatic rings. The van der Waals surface area contributed by atoms with Gasteiger partial charge >= 0.3 is 0 Å². The minimum atomic E-state index is -0.595. The molecule has 0 aromatic heterocycles. The van der Waals surface area contributed by atoms with Gasteiger partial charge < -0.3 is 20.5 Å². The summed E-state index contributed by atoms with van der Waals surface area (Å²) in [4.78, 5) is 11.6. The van der Waals surface area contributed by atoms with E-state index in [4.69, 9.17) is 15.2 Å². The van der Waals surface area contributed by atoms with Crippen molar-refractivity contribution in [2.75, 3.05) is 26.4 Å². The van der Waals surface area contributed by atoms with Crippen LogP contribution in [0.5, 0.6) is 0 Å². The lowest BCUT2D eigenvalue weighted by Crippen LogP contribution is -2.54. The third-order valence-electron chi connectivity index (χ3n) is 3.62. The van der Waals surface area contributed by atoms with E-state index in [1.807, 2.05) is 6.92 Å². The molecular formula is C15H30N2O3. The highest BCUT2D eigenvalue weighted by Crippen LogP contribution is 2.24. The zero-order valence-electron chi connectivity index (χ0n) is 13.0. The molecule has 0 aliphatic heterocycles. The number of carbonyl (C=O) groups is 1. The minimum absolute atomic E-state index is 0.271. The summed E-state index contributed by atoms with van der Waals surface area (Å²) in [6.07, 6.45) is 6.09. The van der Waals surface area contributed by atoms with Gasteiger partial charge in [-0.2, -0.15) is 0 Å². The maximum atomic E-state index is 11.6. The van der Waals surface area contributed by atoms with Gasteiger partial charge in [0, 0.05) is 19.3 Å². The van der Waals surface area contributed by atoms with Crippen molar-refractivity contribution in [1.29, 1.82) is 0 Å². The number of unbranched alkanes of at least 4 members (excludes halogenated alkanes) is 1. The number of nitrogens with two attached hydrogens (primary N) is 1. The molecule has 118 valence electrons. The van der Waals surface area contributed by atoms with Gasteiger partial charge in [0.25, 0.3) is 0 Å². The van der Waals surface area contributed by atoms with Gasteiger partial charge in [0.2, 0.25) is 5.91 Å². The predicted molar refractivity (Wildman–Crippen MR) is 79.5 cm³/mol. The summed E-state index contributed by atoms with van der Waals surface area (Å²) in [7, 11) is 0. The van der Waals surface area contributed by atoms with E-state index in [0.717, 1.165) is 45.1 Å². The molecule has 1 atom stereocenters. The third-order valence-corrected chi connectivity index (χ3v) is 3.62. The summed E-state index contributed by atoms with van der Waals surface area (Å²) in [6, 6.07) is 0.473. The SMILES string of the molecule is CCCCOCCOCCCC(C)(NC1CC1)C(N)=O. The van der Waals surface area contributed by atoms with Gasteiger partial charge in [-0.25, -0.2) is 0 Å². The van der Waals surface area contributed by atoms with Crippen molar-refractivity contribution in [3.63, 3.8) is 0 Å². The third kappa shape index (κ3) is 7.22. The van der Waals surface area contributed by atoms with Crippen LogP contribution in [0.1, 0.15) is 52.4 Å². The molecule has 0 bridgehead atoms. The topological polar surface area (TPSA) is 73.6 Å². The van der Waals surface area contributed by atoms with E-state index >= 15 is 0 Å². The molecule has 0 heterocycles. The van der Waals surface area contributed by atoms with E-state index in [9.17, 15) is 4.79 Å². The van der Waals surface area contributed by atoms with Crippen LogP contribution in [0, 0.1) is 0 Å². The Labute approximate surface area is 122 Å². The molecule has 0 radical (unpaired) electrons. The largest absolute Gasteiger partial charge is 0.379 e. The Bertz CT molecular complexity index is 282. The van der Waals surface area contributed by atoms with Crippen molar-refractivity contribution in [3.8, 4) is 0 Å². The van der Waals surface area contributed by atoms with Crippen LogP contribution in [0.2, 0.25) is 0 Å². The number of rotatable bonds is 13. The van der Waals surface area contributed by atoms with E-state index < -0.39 is 5.54 Å². The van der Waals surface area contributed by atoms with Gasteiger partial charge in [0.15, 0.2) is 0 Å². The Hall–Kier alpha value is -0.650. The van der Waals surface area contributed by atoms with E-state index in [0.29, 0.717) is 25.9 Å². The molecule has 5 heteroatoms. The number of primary amides is 1. The zero-order valence-corrected chi connectivity index (χ0v) is 13.0. The Kier molecular flexibility index (Phi) is 8.11. The highest BCUT2D eigenvalue weighted by atomic mass is 16.5. The minimum Gasteiger partial charge on any atom is -0.379 e. The second-order valence-corrected chi connectivity index (χ2v) is 5.80. The lowest BCUT2D eigenvalue weighted by molar-refractivity contribution is -0.124. The van der Waals surface area contributed by atoms with Crippen LogP contribution in [0.25, 0.3) is 0 Å². The van der Waals surface area contributed by atoms with E-state index in [2.05, 4.69) is 12.2 Å². The second kappa shape index (κ2) is 9.32. The van der Waals surface area contributed by atoms with Gasteiger partial charge in [-0.05, 0) is 39.0 Å². The lowest BCUT2D eigenvalue weighted by atomic mass is 9.95. The average molecular weight is 286 g/mol. The lowest BCUT2D eigenvalue weighted by Gasteiger charge is -2.27. The van der Waals surface area contributed by atoms with Crippen LogP contribution in [0.4, 0.5) is 0 Å². The number of amides is 1. The molecule has 1 saturated carbocycles.